The molecule has 0 aromatic carbocycles. The van der Waals surface area contributed by atoms with Gasteiger partial charge in [0.1, 0.15) is 0 Å². The first-order chi connectivity index (χ1) is 8.45. The van der Waals surface area contributed by atoms with Gasteiger partial charge in [0.25, 0.3) is 0 Å². The second kappa shape index (κ2) is 7.32. The highest BCUT2D eigenvalue weighted by Crippen LogP contribution is 2.20. The van der Waals surface area contributed by atoms with Crippen molar-refractivity contribution in [1.82, 2.24) is 0 Å². The second-order valence-electron chi connectivity index (χ2n) is 5.18. The Labute approximate surface area is 106 Å². The van der Waals surface area contributed by atoms with Gasteiger partial charge in [-0.25, -0.2) is 0 Å². The van der Waals surface area contributed by atoms with Gasteiger partial charge in [-0.05, 0) is 38.5 Å². The van der Waals surface area contributed by atoms with Crippen molar-refractivity contribution < 1.29 is 0 Å². The summed E-state index contributed by atoms with van der Waals surface area (Å²) in [5.41, 5.74) is 3.26. The molecular formula is C17H24. The molecule has 0 heteroatoms. The standard InChI is InChI=1S/C17H24/c1(2-4-10-16-12-6-7-13-16)3-5-11-17-14-8-9-15-17/h6-9,12,14H,1-5,10-11,13,15H2. The van der Waals surface area contributed by atoms with Crippen LogP contribution in [0.5, 0.6) is 0 Å². The highest BCUT2D eigenvalue weighted by Gasteiger charge is 2.00. The minimum Gasteiger partial charge on any atom is -0.0805 e. The first kappa shape index (κ1) is 12.4. The zero-order chi connectivity index (χ0) is 11.8. The summed E-state index contributed by atoms with van der Waals surface area (Å²) in [6.45, 7) is 0. The number of rotatable bonds is 8. The largest absolute Gasteiger partial charge is 0.0805 e. The van der Waals surface area contributed by atoms with Crippen molar-refractivity contribution in [3.05, 3.63) is 47.6 Å². The molecule has 92 valence electrons. The van der Waals surface area contributed by atoms with E-state index >= 15 is 0 Å². The minimum absolute atomic E-state index is 1.21. The summed E-state index contributed by atoms with van der Waals surface area (Å²) in [6.07, 6.45) is 25.6. The van der Waals surface area contributed by atoms with E-state index in [1.807, 2.05) is 0 Å². The Morgan fingerprint density at radius 3 is 1.53 bits per heavy atom. The summed E-state index contributed by atoms with van der Waals surface area (Å²) in [5, 5.41) is 0. The van der Waals surface area contributed by atoms with Crippen LogP contribution >= 0.6 is 0 Å². The van der Waals surface area contributed by atoms with Crippen LogP contribution in [0.15, 0.2) is 47.6 Å². The van der Waals surface area contributed by atoms with Crippen LogP contribution in [-0.2, 0) is 0 Å². The van der Waals surface area contributed by atoms with Gasteiger partial charge in [0.05, 0.1) is 0 Å². The van der Waals surface area contributed by atoms with Crippen LogP contribution in [0.3, 0.4) is 0 Å². The summed E-state index contributed by atoms with van der Waals surface area (Å²) < 4.78 is 0. The maximum absolute atomic E-state index is 2.29. The normalized spacial score (nSPS) is 17.6. The molecule has 0 unspecified atom stereocenters. The van der Waals surface area contributed by atoms with Gasteiger partial charge in [-0.15, -0.1) is 0 Å². The van der Waals surface area contributed by atoms with Gasteiger partial charge in [0.15, 0.2) is 0 Å². The summed E-state index contributed by atoms with van der Waals surface area (Å²) in [7, 11) is 0. The minimum atomic E-state index is 1.21. The lowest BCUT2D eigenvalue weighted by atomic mass is 10.0. The summed E-state index contributed by atoms with van der Waals surface area (Å²) in [4.78, 5) is 0. The van der Waals surface area contributed by atoms with E-state index < -0.39 is 0 Å². The molecule has 0 heterocycles. The van der Waals surface area contributed by atoms with Crippen molar-refractivity contribution in [2.24, 2.45) is 0 Å². The van der Waals surface area contributed by atoms with Gasteiger partial charge >= 0.3 is 0 Å². The van der Waals surface area contributed by atoms with Crippen LogP contribution in [0.4, 0.5) is 0 Å². The number of hydrogen-bond acceptors (Lipinski definition) is 0. The average Bonchev–Trinajstić information content (AvgIpc) is 3.00. The third kappa shape index (κ3) is 4.77. The van der Waals surface area contributed by atoms with Gasteiger partial charge in [-0.3, -0.25) is 0 Å². The number of unbranched alkanes of at least 4 members (excludes halogenated alkanes) is 4. The molecule has 0 radical (unpaired) electrons. The van der Waals surface area contributed by atoms with Crippen molar-refractivity contribution in [1.29, 1.82) is 0 Å². The predicted molar refractivity (Wildman–Crippen MR) is 76.0 cm³/mol. The van der Waals surface area contributed by atoms with Crippen LogP contribution < -0.4 is 0 Å². The smallest absolute Gasteiger partial charge is 0.0133 e. The molecule has 0 bridgehead atoms. The Morgan fingerprint density at radius 1 is 0.647 bits per heavy atom. The maximum atomic E-state index is 2.29. The SMILES string of the molecule is C1=CCC(CCCCCCCC2=CC=CC2)=C1. The molecule has 0 spiro atoms. The molecule has 0 N–H and O–H groups in total. The van der Waals surface area contributed by atoms with E-state index in [0.29, 0.717) is 0 Å². The van der Waals surface area contributed by atoms with Gasteiger partial charge in [-0.1, -0.05) is 66.9 Å². The lowest BCUT2D eigenvalue weighted by Crippen LogP contribution is -1.84. The van der Waals surface area contributed by atoms with Crippen LogP contribution in [-0.4, -0.2) is 0 Å². The van der Waals surface area contributed by atoms with Gasteiger partial charge in [0, 0.05) is 0 Å². The molecule has 0 saturated carbocycles. The van der Waals surface area contributed by atoms with Crippen molar-refractivity contribution in [2.45, 2.75) is 57.8 Å². The van der Waals surface area contributed by atoms with E-state index in [-0.39, 0.29) is 0 Å². The Hall–Kier alpha value is -1.04. The molecule has 0 nitrogen and oxygen atoms in total. The number of allylic oxidation sites excluding steroid dienone is 8. The molecule has 0 atom stereocenters. The average molecular weight is 228 g/mol. The fourth-order valence-corrected chi connectivity index (χ4v) is 2.59. The van der Waals surface area contributed by atoms with E-state index in [1.54, 1.807) is 11.1 Å². The van der Waals surface area contributed by atoms with Crippen molar-refractivity contribution in [3.8, 4) is 0 Å². The third-order valence-corrected chi connectivity index (χ3v) is 3.69. The lowest BCUT2D eigenvalue weighted by molar-refractivity contribution is 0.608. The quantitative estimate of drug-likeness (QED) is 0.482. The zero-order valence-corrected chi connectivity index (χ0v) is 10.8. The molecule has 0 aromatic heterocycles. The molecule has 0 fully saturated rings. The highest BCUT2D eigenvalue weighted by molar-refractivity contribution is 5.23. The summed E-state index contributed by atoms with van der Waals surface area (Å²) in [6, 6.07) is 0. The fraction of sp³-hybridized carbons (Fsp3) is 0.529. The lowest BCUT2D eigenvalue weighted by Gasteiger charge is -2.03. The molecule has 0 aliphatic heterocycles. The Bertz CT molecular complexity index is 305. The first-order valence-corrected chi connectivity index (χ1v) is 7.14. The first-order valence-electron chi connectivity index (χ1n) is 7.14. The molecule has 2 aliphatic carbocycles. The van der Waals surface area contributed by atoms with Gasteiger partial charge in [0.2, 0.25) is 0 Å². The molecule has 2 aliphatic rings. The fourth-order valence-electron chi connectivity index (χ4n) is 2.59. The highest BCUT2D eigenvalue weighted by atomic mass is 14.1. The van der Waals surface area contributed by atoms with Crippen LogP contribution in [0, 0.1) is 0 Å². The molecule has 0 amide bonds. The van der Waals surface area contributed by atoms with E-state index in [0.717, 1.165) is 0 Å². The number of hydrogen-bond donors (Lipinski definition) is 0. The van der Waals surface area contributed by atoms with Crippen molar-refractivity contribution in [2.75, 3.05) is 0 Å². The second-order valence-corrected chi connectivity index (χ2v) is 5.18. The predicted octanol–water partition coefficient (Wildman–Crippen LogP) is 5.49. The van der Waals surface area contributed by atoms with Gasteiger partial charge in [-0.2, -0.15) is 0 Å². The maximum Gasteiger partial charge on any atom is -0.0133 e. The van der Waals surface area contributed by atoms with Crippen LogP contribution in [0.1, 0.15) is 57.8 Å². The van der Waals surface area contributed by atoms with Crippen LogP contribution in [0.25, 0.3) is 0 Å². The van der Waals surface area contributed by atoms with Crippen molar-refractivity contribution in [3.63, 3.8) is 0 Å². The molecular weight excluding hydrogens is 204 g/mol. The van der Waals surface area contributed by atoms with Gasteiger partial charge < -0.3 is 0 Å². The Morgan fingerprint density at radius 2 is 1.12 bits per heavy atom. The zero-order valence-electron chi connectivity index (χ0n) is 10.8. The van der Waals surface area contributed by atoms with E-state index in [1.165, 1.54) is 57.8 Å². The Balaban J connectivity index is 1.39. The summed E-state index contributed by atoms with van der Waals surface area (Å²) >= 11 is 0. The van der Waals surface area contributed by atoms with Crippen molar-refractivity contribution >= 4 is 0 Å². The molecule has 2 rings (SSSR count). The molecule has 17 heavy (non-hydrogen) atoms. The Kier molecular flexibility index (Phi) is 5.35. The van der Waals surface area contributed by atoms with Crippen LogP contribution in [0.2, 0.25) is 0 Å². The monoisotopic (exact) mass is 228 g/mol. The van der Waals surface area contributed by atoms with E-state index in [4.69, 9.17) is 0 Å². The summed E-state index contributed by atoms with van der Waals surface area (Å²) in [5.74, 6) is 0. The van der Waals surface area contributed by atoms with E-state index in [9.17, 15) is 0 Å². The topological polar surface area (TPSA) is 0 Å². The third-order valence-electron chi connectivity index (χ3n) is 3.69. The molecule has 0 saturated heterocycles. The molecule has 0 aromatic rings. The van der Waals surface area contributed by atoms with E-state index in [2.05, 4.69) is 36.5 Å².